The molecule has 0 saturated carbocycles. The summed E-state index contributed by atoms with van der Waals surface area (Å²) in [6, 6.07) is 6.40. The first-order valence-corrected chi connectivity index (χ1v) is 7.13. The van der Waals surface area contributed by atoms with Crippen molar-refractivity contribution in [3.8, 4) is 0 Å². The van der Waals surface area contributed by atoms with Crippen LogP contribution in [-0.4, -0.2) is 29.0 Å². The quantitative estimate of drug-likeness (QED) is 0.851. The van der Waals surface area contributed by atoms with Gasteiger partial charge in [-0.1, -0.05) is 6.07 Å². The fourth-order valence-electron chi connectivity index (χ4n) is 2.00. The molecule has 2 atom stereocenters. The van der Waals surface area contributed by atoms with E-state index in [1.807, 2.05) is 0 Å². The maximum Gasteiger partial charge on any atom is 0.332 e. The van der Waals surface area contributed by atoms with Gasteiger partial charge in [-0.25, -0.2) is 4.79 Å². The summed E-state index contributed by atoms with van der Waals surface area (Å²) in [5.41, 5.74) is 2.58. The van der Waals surface area contributed by atoms with Crippen molar-refractivity contribution in [2.75, 3.05) is 5.75 Å². The Balaban J connectivity index is 1.85. The number of ether oxygens (including phenoxy) is 1. The fraction of sp³-hybridized carbons (Fsp3) is 0.500. The number of aryl methyl sites for hydroxylation is 2. The number of thioether (sulfide) groups is 1. The van der Waals surface area contributed by atoms with Crippen LogP contribution in [0.2, 0.25) is 0 Å². The third-order valence-corrected chi connectivity index (χ3v) is 4.42. The number of carbonyl (C=O) groups is 1. The van der Waals surface area contributed by atoms with Gasteiger partial charge >= 0.3 is 5.97 Å². The number of carboxylic acid groups (broad SMARTS) is 1. The van der Waals surface area contributed by atoms with Gasteiger partial charge < -0.3 is 9.84 Å². The molecule has 4 heteroatoms. The second-order valence-electron chi connectivity index (χ2n) is 4.72. The Morgan fingerprint density at radius 3 is 2.78 bits per heavy atom. The molecule has 98 valence electrons. The Bertz CT molecular complexity index is 445. The minimum Gasteiger partial charge on any atom is -0.479 e. The second kappa shape index (κ2) is 5.76. The number of benzene rings is 1. The summed E-state index contributed by atoms with van der Waals surface area (Å²) in [5, 5.41) is 8.85. The number of rotatable bonds is 4. The molecule has 2 rings (SSSR count). The zero-order chi connectivity index (χ0) is 13.1. The summed E-state index contributed by atoms with van der Waals surface area (Å²) in [7, 11) is 0. The lowest BCUT2D eigenvalue weighted by Crippen LogP contribution is -2.21. The topological polar surface area (TPSA) is 46.5 Å². The lowest BCUT2D eigenvalue weighted by atomic mass is 10.1. The molecular weight excluding hydrogens is 248 g/mol. The van der Waals surface area contributed by atoms with E-state index >= 15 is 0 Å². The molecule has 0 aliphatic carbocycles. The van der Waals surface area contributed by atoms with E-state index in [1.165, 1.54) is 16.0 Å². The van der Waals surface area contributed by atoms with Crippen LogP contribution in [0, 0.1) is 13.8 Å². The zero-order valence-electron chi connectivity index (χ0n) is 10.7. The van der Waals surface area contributed by atoms with Crippen LogP contribution in [0.3, 0.4) is 0 Å². The lowest BCUT2D eigenvalue weighted by Gasteiger charge is -2.11. The molecule has 1 aliphatic heterocycles. The van der Waals surface area contributed by atoms with Crippen LogP contribution < -0.4 is 0 Å². The second-order valence-corrected chi connectivity index (χ2v) is 5.81. The van der Waals surface area contributed by atoms with E-state index in [4.69, 9.17) is 9.84 Å². The molecule has 1 aromatic rings. The van der Waals surface area contributed by atoms with Gasteiger partial charge in [-0.15, -0.1) is 11.8 Å². The molecule has 1 N–H and O–H groups in total. The minimum absolute atomic E-state index is 0.0673. The summed E-state index contributed by atoms with van der Waals surface area (Å²) in [6.07, 6.45) is 0.940. The van der Waals surface area contributed by atoms with E-state index in [0.717, 1.165) is 12.2 Å². The standard InChI is InChI=1S/C14H18O3S/c1-9-3-5-12(7-10(9)2)18-8-11-4-6-13(17-11)14(15)16/h3,5,7,11,13H,4,6,8H2,1-2H3,(H,15,16). The van der Waals surface area contributed by atoms with Gasteiger partial charge in [0.2, 0.25) is 0 Å². The summed E-state index contributed by atoms with van der Waals surface area (Å²) >= 11 is 1.74. The average Bonchev–Trinajstić information content (AvgIpc) is 2.79. The fourth-order valence-corrected chi connectivity index (χ4v) is 3.05. The van der Waals surface area contributed by atoms with Crippen molar-refractivity contribution in [1.82, 2.24) is 0 Å². The zero-order valence-corrected chi connectivity index (χ0v) is 11.5. The Hall–Kier alpha value is -1.00. The largest absolute Gasteiger partial charge is 0.479 e. The molecule has 0 radical (unpaired) electrons. The van der Waals surface area contributed by atoms with Crippen LogP contribution in [0.1, 0.15) is 24.0 Å². The smallest absolute Gasteiger partial charge is 0.332 e. The van der Waals surface area contributed by atoms with Gasteiger partial charge in [-0.3, -0.25) is 0 Å². The van der Waals surface area contributed by atoms with E-state index in [0.29, 0.717) is 6.42 Å². The normalized spacial score (nSPS) is 23.2. The van der Waals surface area contributed by atoms with E-state index < -0.39 is 12.1 Å². The molecule has 0 aromatic heterocycles. The highest BCUT2D eigenvalue weighted by atomic mass is 32.2. The van der Waals surface area contributed by atoms with E-state index in [1.54, 1.807) is 11.8 Å². The van der Waals surface area contributed by atoms with Crippen molar-refractivity contribution in [1.29, 1.82) is 0 Å². The third-order valence-electron chi connectivity index (χ3n) is 3.30. The number of carboxylic acids is 1. The van der Waals surface area contributed by atoms with E-state index in [9.17, 15) is 4.79 Å². The molecule has 1 saturated heterocycles. The Labute approximate surface area is 112 Å². The predicted molar refractivity (Wildman–Crippen MR) is 72.2 cm³/mol. The molecule has 3 nitrogen and oxygen atoms in total. The van der Waals surface area contributed by atoms with Gasteiger partial charge in [0.05, 0.1) is 6.10 Å². The highest BCUT2D eigenvalue weighted by molar-refractivity contribution is 7.99. The predicted octanol–water partition coefficient (Wildman–Crippen LogP) is 3.03. The maximum absolute atomic E-state index is 10.8. The van der Waals surface area contributed by atoms with Gasteiger partial charge in [0.25, 0.3) is 0 Å². The first-order valence-electron chi connectivity index (χ1n) is 6.14. The Morgan fingerprint density at radius 2 is 2.17 bits per heavy atom. The van der Waals surface area contributed by atoms with Gasteiger partial charge in [0.1, 0.15) is 0 Å². The summed E-state index contributed by atoms with van der Waals surface area (Å²) in [6.45, 7) is 4.20. The molecule has 1 aromatic carbocycles. The molecule has 2 unspecified atom stereocenters. The molecule has 0 spiro atoms. The average molecular weight is 266 g/mol. The van der Waals surface area contributed by atoms with Crippen LogP contribution in [0.25, 0.3) is 0 Å². The summed E-state index contributed by atoms with van der Waals surface area (Å²) in [4.78, 5) is 12.0. The molecular formula is C14H18O3S. The van der Waals surface area contributed by atoms with Crippen LogP contribution >= 0.6 is 11.8 Å². The minimum atomic E-state index is -0.839. The molecule has 1 fully saturated rings. The van der Waals surface area contributed by atoms with Crippen LogP contribution in [0.15, 0.2) is 23.1 Å². The van der Waals surface area contributed by atoms with Crippen molar-refractivity contribution in [3.63, 3.8) is 0 Å². The Morgan fingerprint density at radius 1 is 1.39 bits per heavy atom. The molecule has 18 heavy (non-hydrogen) atoms. The van der Waals surface area contributed by atoms with Crippen molar-refractivity contribution in [2.24, 2.45) is 0 Å². The van der Waals surface area contributed by atoms with Crippen molar-refractivity contribution in [3.05, 3.63) is 29.3 Å². The van der Waals surface area contributed by atoms with E-state index in [2.05, 4.69) is 32.0 Å². The number of hydrogen-bond acceptors (Lipinski definition) is 3. The van der Waals surface area contributed by atoms with Gasteiger partial charge in [0, 0.05) is 10.6 Å². The van der Waals surface area contributed by atoms with Crippen LogP contribution in [0.4, 0.5) is 0 Å². The third kappa shape index (κ3) is 3.27. The molecule has 0 bridgehead atoms. The SMILES string of the molecule is Cc1ccc(SCC2CCC(C(=O)O)O2)cc1C. The number of aliphatic carboxylic acids is 1. The van der Waals surface area contributed by atoms with Gasteiger partial charge in [-0.2, -0.15) is 0 Å². The van der Waals surface area contributed by atoms with Crippen molar-refractivity contribution >= 4 is 17.7 Å². The number of hydrogen-bond donors (Lipinski definition) is 1. The van der Waals surface area contributed by atoms with Crippen LogP contribution in [0.5, 0.6) is 0 Å². The first-order chi connectivity index (χ1) is 8.56. The molecule has 0 amide bonds. The maximum atomic E-state index is 10.8. The lowest BCUT2D eigenvalue weighted by molar-refractivity contribution is -0.148. The summed E-state index contributed by atoms with van der Waals surface area (Å²) in [5.74, 6) is -0.0135. The van der Waals surface area contributed by atoms with Crippen molar-refractivity contribution < 1.29 is 14.6 Å². The highest BCUT2D eigenvalue weighted by Crippen LogP contribution is 2.27. The van der Waals surface area contributed by atoms with E-state index in [-0.39, 0.29) is 6.10 Å². The highest BCUT2D eigenvalue weighted by Gasteiger charge is 2.30. The van der Waals surface area contributed by atoms with Gasteiger partial charge in [0.15, 0.2) is 6.10 Å². The Kier molecular flexibility index (Phi) is 4.30. The molecule has 1 aliphatic rings. The van der Waals surface area contributed by atoms with Gasteiger partial charge in [-0.05, 0) is 49.9 Å². The first kappa shape index (κ1) is 13.4. The van der Waals surface area contributed by atoms with Crippen LogP contribution in [-0.2, 0) is 9.53 Å². The molecule has 1 heterocycles. The summed E-state index contributed by atoms with van der Waals surface area (Å²) < 4.78 is 5.48. The van der Waals surface area contributed by atoms with Crippen molar-refractivity contribution in [2.45, 2.75) is 43.8 Å². The monoisotopic (exact) mass is 266 g/mol.